The quantitative estimate of drug-likeness (QED) is 0.376. The van der Waals surface area contributed by atoms with Crippen LogP contribution in [0.15, 0.2) is 0 Å². The molecule has 37 valence electrons. The lowest BCUT2D eigenvalue weighted by molar-refractivity contribution is -0.00819. The maximum Gasteiger partial charge on any atom is 0.146 e. The van der Waals surface area contributed by atoms with Gasteiger partial charge < -0.3 is 9.47 Å². The summed E-state index contributed by atoms with van der Waals surface area (Å²) in [5.74, 6) is 0. The topological polar surface area (TPSA) is 18.5 Å². The maximum absolute atomic E-state index is 4.70. The molecule has 0 atom stereocenters. The van der Waals surface area contributed by atoms with Crippen LogP contribution in [0.1, 0.15) is 6.92 Å². The van der Waals surface area contributed by atoms with Crippen LogP contribution < -0.4 is 0 Å². The summed E-state index contributed by atoms with van der Waals surface area (Å²) in [5, 5.41) is 0. The molecule has 0 aliphatic carbocycles. The van der Waals surface area contributed by atoms with Gasteiger partial charge in [0.2, 0.25) is 0 Å². The van der Waals surface area contributed by atoms with Crippen molar-refractivity contribution >= 4 is 0 Å². The third-order valence-electron chi connectivity index (χ3n) is 0.371. The molecule has 2 heteroatoms. The van der Waals surface area contributed by atoms with E-state index in [9.17, 15) is 0 Å². The second kappa shape index (κ2) is 4.92. The van der Waals surface area contributed by atoms with Gasteiger partial charge in [-0.15, -0.1) is 0 Å². The van der Waals surface area contributed by atoms with E-state index in [4.69, 9.17) is 4.74 Å². The second-order valence-electron chi connectivity index (χ2n) is 0.815. The first-order valence-electron chi connectivity index (χ1n) is 1.86. The van der Waals surface area contributed by atoms with E-state index in [1.165, 1.54) is 0 Å². The molecule has 0 unspecified atom stereocenters. The maximum atomic E-state index is 4.70. The number of hydrogen-bond acceptors (Lipinski definition) is 2. The molecule has 0 aromatic heterocycles. The van der Waals surface area contributed by atoms with Gasteiger partial charge in [0.25, 0.3) is 0 Å². The van der Waals surface area contributed by atoms with Crippen LogP contribution in [-0.4, -0.2) is 13.4 Å². The molecular weight excluding hydrogens is 80.0 g/mol. The summed E-state index contributed by atoms with van der Waals surface area (Å²) in [6.07, 6.45) is 0. The normalized spacial score (nSPS) is 9.00. The Balaban J connectivity index is 2.34. The van der Waals surface area contributed by atoms with E-state index < -0.39 is 0 Å². The monoisotopic (exact) mass is 89.1 g/mol. The van der Waals surface area contributed by atoms with Gasteiger partial charge >= 0.3 is 0 Å². The summed E-state index contributed by atoms with van der Waals surface area (Å²) in [6, 6.07) is 0. The molecule has 0 aromatic carbocycles. The molecule has 6 heavy (non-hydrogen) atoms. The summed E-state index contributed by atoms with van der Waals surface area (Å²) >= 11 is 0. The largest absolute Gasteiger partial charge is 0.356 e. The molecule has 0 saturated carbocycles. The first kappa shape index (κ1) is 5.92. The summed E-state index contributed by atoms with van der Waals surface area (Å²) in [5.41, 5.74) is 0. The van der Waals surface area contributed by atoms with Gasteiger partial charge in [-0.2, -0.15) is 0 Å². The van der Waals surface area contributed by atoms with Crippen LogP contribution in [0.5, 0.6) is 0 Å². The molecule has 0 bridgehead atoms. The van der Waals surface area contributed by atoms with Gasteiger partial charge in [-0.3, -0.25) is 0 Å². The van der Waals surface area contributed by atoms with Gasteiger partial charge in [0.15, 0.2) is 0 Å². The number of rotatable bonds is 3. The van der Waals surface area contributed by atoms with Crippen molar-refractivity contribution in [1.82, 2.24) is 0 Å². The van der Waals surface area contributed by atoms with E-state index >= 15 is 0 Å². The molecule has 0 amide bonds. The Kier molecular flexibility index (Phi) is 4.85. The number of hydrogen-bond donors (Lipinski definition) is 0. The minimum absolute atomic E-state index is 0.302. The molecule has 0 aromatic rings. The van der Waals surface area contributed by atoms with Crippen molar-refractivity contribution in [3.8, 4) is 0 Å². The van der Waals surface area contributed by atoms with Crippen LogP contribution in [0, 0.1) is 7.11 Å². The van der Waals surface area contributed by atoms with Crippen molar-refractivity contribution in [3.63, 3.8) is 0 Å². The van der Waals surface area contributed by atoms with E-state index in [2.05, 4.69) is 11.8 Å². The molecule has 0 saturated heterocycles. The van der Waals surface area contributed by atoms with Crippen molar-refractivity contribution < 1.29 is 9.47 Å². The zero-order chi connectivity index (χ0) is 4.83. The first-order chi connectivity index (χ1) is 2.91. The lowest BCUT2D eigenvalue weighted by atomic mass is 10.9. The predicted molar refractivity (Wildman–Crippen MR) is 22.9 cm³/mol. The van der Waals surface area contributed by atoms with Crippen LogP contribution in [-0.2, 0) is 9.47 Å². The Morgan fingerprint density at radius 2 is 2.33 bits per heavy atom. The smallest absolute Gasteiger partial charge is 0.146 e. The van der Waals surface area contributed by atoms with Crippen molar-refractivity contribution in [2.45, 2.75) is 6.92 Å². The molecule has 0 spiro atoms. The fraction of sp³-hybridized carbons (Fsp3) is 0.750. The van der Waals surface area contributed by atoms with E-state index in [1.54, 1.807) is 0 Å². The van der Waals surface area contributed by atoms with Crippen molar-refractivity contribution in [2.75, 3.05) is 13.4 Å². The van der Waals surface area contributed by atoms with Crippen LogP contribution in [0.2, 0.25) is 0 Å². The van der Waals surface area contributed by atoms with Gasteiger partial charge in [0.05, 0.1) is 7.11 Å². The molecule has 1 radical (unpaired) electrons. The van der Waals surface area contributed by atoms with E-state index in [1.807, 2.05) is 6.92 Å². The fourth-order valence-corrected chi connectivity index (χ4v) is 0.142. The van der Waals surface area contributed by atoms with E-state index in [0.717, 1.165) is 0 Å². The average Bonchev–Trinajstić information content (AvgIpc) is 1.61. The third kappa shape index (κ3) is 3.92. The molecule has 0 heterocycles. The van der Waals surface area contributed by atoms with Crippen LogP contribution in [0.4, 0.5) is 0 Å². The summed E-state index contributed by atoms with van der Waals surface area (Å²) in [7, 11) is 3.10. The molecule has 0 fully saturated rings. The van der Waals surface area contributed by atoms with Crippen molar-refractivity contribution in [3.05, 3.63) is 7.11 Å². The van der Waals surface area contributed by atoms with Crippen LogP contribution >= 0.6 is 0 Å². The molecule has 2 nitrogen and oxygen atoms in total. The standard InChI is InChI=1S/C4H9O2/c1-3-6-4-5-2/h2-4H2,1H3. The Morgan fingerprint density at radius 1 is 1.67 bits per heavy atom. The highest BCUT2D eigenvalue weighted by atomic mass is 16.7. The van der Waals surface area contributed by atoms with Gasteiger partial charge in [-0.05, 0) is 6.92 Å². The van der Waals surface area contributed by atoms with E-state index in [0.29, 0.717) is 13.4 Å². The van der Waals surface area contributed by atoms with E-state index in [-0.39, 0.29) is 0 Å². The Morgan fingerprint density at radius 3 is 2.50 bits per heavy atom. The van der Waals surface area contributed by atoms with Crippen molar-refractivity contribution in [1.29, 1.82) is 0 Å². The average molecular weight is 89.1 g/mol. The Bertz CT molecular complexity index is 17.5. The Labute approximate surface area is 38.1 Å². The zero-order valence-electron chi connectivity index (χ0n) is 3.94. The second-order valence-corrected chi connectivity index (χ2v) is 0.815. The first-order valence-corrected chi connectivity index (χ1v) is 1.86. The minimum atomic E-state index is 0.302. The fourth-order valence-electron chi connectivity index (χ4n) is 0.142. The molecule has 0 aliphatic heterocycles. The molecule has 0 rings (SSSR count). The van der Waals surface area contributed by atoms with Crippen molar-refractivity contribution in [2.24, 2.45) is 0 Å². The lowest BCUT2D eigenvalue weighted by Gasteiger charge is -1.93. The molecular formula is C4H9O2. The summed E-state index contributed by atoms with van der Waals surface area (Å²) < 4.78 is 9.01. The van der Waals surface area contributed by atoms with Gasteiger partial charge in [-0.1, -0.05) is 0 Å². The minimum Gasteiger partial charge on any atom is -0.356 e. The van der Waals surface area contributed by atoms with Crippen LogP contribution in [0.3, 0.4) is 0 Å². The van der Waals surface area contributed by atoms with Gasteiger partial charge in [-0.25, -0.2) is 0 Å². The van der Waals surface area contributed by atoms with Gasteiger partial charge in [0, 0.05) is 6.61 Å². The zero-order valence-corrected chi connectivity index (χ0v) is 3.94. The molecule has 0 N–H and O–H groups in total. The lowest BCUT2D eigenvalue weighted by Crippen LogP contribution is -1.91. The summed E-state index contributed by atoms with van der Waals surface area (Å²) in [6.45, 7) is 2.89. The number of ether oxygens (including phenoxy) is 2. The Hall–Kier alpha value is -0.0800. The predicted octanol–water partition coefficient (Wildman–Crippen LogP) is 0.789. The molecule has 0 aliphatic rings. The highest BCUT2D eigenvalue weighted by Gasteiger charge is 1.71. The highest BCUT2D eigenvalue weighted by Crippen LogP contribution is 1.70. The van der Waals surface area contributed by atoms with Gasteiger partial charge in [0.1, 0.15) is 6.79 Å². The third-order valence-corrected chi connectivity index (χ3v) is 0.371. The summed E-state index contributed by atoms with van der Waals surface area (Å²) in [4.78, 5) is 0. The SMILES string of the molecule is [CH2]OCOCC. The van der Waals surface area contributed by atoms with Crippen LogP contribution in [0.25, 0.3) is 0 Å². The highest BCUT2D eigenvalue weighted by molar-refractivity contribution is 4.05.